The second kappa shape index (κ2) is 7.33. The first-order chi connectivity index (χ1) is 8.71. The Hall–Kier alpha value is -2.02. The van der Waals surface area contributed by atoms with Crippen LogP contribution in [0.1, 0.15) is 31.2 Å². The van der Waals surface area contributed by atoms with E-state index in [0.29, 0.717) is 6.54 Å². The monoisotopic (exact) mass is 246 g/mol. The van der Waals surface area contributed by atoms with E-state index in [1.54, 1.807) is 19.2 Å². The normalized spacial score (nSPS) is 11.4. The fourth-order valence-corrected chi connectivity index (χ4v) is 1.60. The summed E-state index contributed by atoms with van der Waals surface area (Å²) in [6, 6.07) is 9.39. The number of nitrogens with zero attached hydrogens (tertiary/aromatic N) is 1. The molecule has 1 aromatic carbocycles. The molecule has 96 valence electrons. The fraction of sp³-hybridized carbons (Fsp3) is 0.429. The van der Waals surface area contributed by atoms with Crippen LogP contribution in [-0.4, -0.2) is 19.6 Å². The van der Waals surface area contributed by atoms with Crippen LogP contribution < -0.4 is 10.1 Å². The van der Waals surface area contributed by atoms with E-state index in [1.165, 1.54) is 0 Å². The predicted octanol–water partition coefficient (Wildman–Crippen LogP) is 2.22. The van der Waals surface area contributed by atoms with E-state index in [2.05, 4.69) is 11.4 Å². The highest BCUT2D eigenvalue weighted by atomic mass is 16.5. The molecular weight excluding hydrogens is 228 g/mol. The summed E-state index contributed by atoms with van der Waals surface area (Å²) in [6.07, 6.45) is 1.09. The number of nitrogens with one attached hydrogen (secondary N) is 1. The van der Waals surface area contributed by atoms with Crippen molar-refractivity contribution in [3.05, 3.63) is 29.8 Å². The molecule has 0 heterocycles. The molecule has 0 radical (unpaired) electrons. The zero-order valence-corrected chi connectivity index (χ0v) is 10.8. The topological polar surface area (TPSA) is 62.1 Å². The molecule has 0 aliphatic carbocycles. The van der Waals surface area contributed by atoms with Crippen LogP contribution in [0.3, 0.4) is 0 Å². The highest BCUT2D eigenvalue weighted by molar-refractivity contribution is 5.77. The van der Waals surface area contributed by atoms with E-state index in [1.807, 2.05) is 19.1 Å². The van der Waals surface area contributed by atoms with E-state index in [4.69, 9.17) is 10.00 Å². The number of hydrogen-bond donors (Lipinski definition) is 1. The van der Waals surface area contributed by atoms with Crippen LogP contribution >= 0.6 is 0 Å². The molecule has 0 saturated carbocycles. The van der Waals surface area contributed by atoms with Gasteiger partial charge in [-0.25, -0.2) is 0 Å². The lowest BCUT2D eigenvalue weighted by molar-refractivity contribution is -0.121. The van der Waals surface area contributed by atoms with Gasteiger partial charge in [0, 0.05) is 13.0 Å². The molecule has 0 saturated heterocycles. The SMILES string of the molecule is CCCNC(=O)CC(C#N)c1ccc(OC)cc1. The summed E-state index contributed by atoms with van der Waals surface area (Å²) >= 11 is 0. The predicted molar refractivity (Wildman–Crippen MR) is 69.3 cm³/mol. The van der Waals surface area contributed by atoms with E-state index >= 15 is 0 Å². The summed E-state index contributed by atoms with van der Waals surface area (Å²) in [5, 5.41) is 11.9. The molecule has 0 aromatic heterocycles. The summed E-state index contributed by atoms with van der Waals surface area (Å²) in [6.45, 7) is 2.64. The van der Waals surface area contributed by atoms with Crippen molar-refractivity contribution >= 4 is 5.91 Å². The quantitative estimate of drug-likeness (QED) is 0.837. The van der Waals surface area contributed by atoms with E-state index in [0.717, 1.165) is 17.7 Å². The Balaban J connectivity index is 2.65. The smallest absolute Gasteiger partial charge is 0.221 e. The Morgan fingerprint density at radius 2 is 2.11 bits per heavy atom. The fourth-order valence-electron chi connectivity index (χ4n) is 1.60. The van der Waals surface area contributed by atoms with Gasteiger partial charge in [0.05, 0.1) is 19.1 Å². The maximum atomic E-state index is 11.6. The summed E-state index contributed by atoms with van der Waals surface area (Å²) in [5.41, 5.74) is 0.838. The third kappa shape index (κ3) is 4.10. The lowest BCUT2D eigenvalue weighted by atomic mass is 9.97. The van der Waals surface area contributed by atoms with E-state index in [-0.39, 0.29) is 12.3 Å². The number of carbonyl (C=O) groups is 1. The number of hydrogen-bond acceptors (Lipinski definition) is 3. The lowest BCUT2D eigenvalue weighted by Crippen LogP contribution is -2.25. The average Bonchev–Trinajstić information content (AvgIpc) is 2.42. The number of amides is 1. The molecule has 0 aliphatic heterocycles. The van der Waals surface area contributed by atoms with Crippen LogP contribution in [-0.2, 0) is 4.79 Å². The molecule has 0 spiro atoms. The van der Waals surface area contributed by atoms with Gasteiger partial charge in [-0.15, -0.1) is 0 Å². The van der Waals surface area contributed by atoms with Crippen LogP contribution in [0.25, 0.3) is 0 Å². The average molecular weight is 246 g/mol. The molecular formula is C14H18N2O2. The first kappa shape index (κ1) is 14.0. The van der Waals surface area contributed by atoms with Gasteiger partial charge < -0.3 is 10.1 Å². The molecule has 0 bridgehead atoms. The number of methoxy groups -OCH3 is 1. The Labute approximate surface area is 108 Å². The third-order valence-electron chi connectivity index (χ3n) is 2.64. The van der Waals surface area contributed by atoms with Crippen LogP contribution in [0, 0.1) is 11.3 Å². The van der Waals surface area contributed by atoms with Crippen molar-refractivity contribution in [3.63, 3.8) is 0 Å². The van der Waals surface area contributed by atoms with E-state index in [9.17, 15) is 4.79 Å². The maximum Gasteiger partial charge on any atom is 0.221 e. The molecule has 4 nitrogen and oxygen atoms in total. The molecule has 0 fully saturated rings. The first-order valence-electron chi connectivity index (χ1n) is 6.01. The second-order valence-electron chi connectivity index (χ2n) is 4.01. The highest BCUT2D eigenvalue weighted by Crippen LogP contribution is 2.21. The van der Waals surface area contributed by atoms with Crippen molar-refractivity contribution in [2.75, 3.05) is 13.7 Å². The van der Waals surface area contributed by atoms with Gasteiger partial charge in [0.25, 0.3) is 0 Å². The van der Waals surface area contributed by atoms with Crippen LogP contribution in [0.5, 0.6) is 5.75 Å². The Bertz CT molecular complexity index is 420. The summed E-state index contributed by atoms with van der Waals surface area (Å²) in [7, 11) is 1.59. The Kier molecular flexibility index (Phi) is 5.72. The molecule has 1 unspecified atom stereocenters. The van der Waals surface area contributed by atoms with Gasteiger partial charge in [-0.1, -0.05) is 19.1 Å². The van der Waals surface area contributed by atoms with Gasteiger partial charge in [0.15, 0.2) is 0 Å². The molecule has 1 aromatic rings. The van der Waals surface area contributed by atoms with Crippen molar-refractivity contribution in [2.45, 2.75) is 25.7 Å². The zero-order valence-electron chi connectivity index (χ0n) is 10.8. The van der Waals surface area contributed by atoms with Gasteiger partial charge >= 0.3 is 0 Å². The number of nitriles is 1. The summed E-state index contributed by atoms with van der Waals surface area (Å²) in [4.78, 5) is 11.6. The molecule has 4 heteroatoms. The second-order valence-corrected chi connectivity index (χ2v) is 4.01. The van der Waals surface area contributed by atoms with Crippen molar-refractivity contribution in [1.82, 2.24) is 5.32 Å². The van der Waals surface area contributed by atoms with Crippen LogP contribution in [0.15, 0.2) is 24.3 Å². The lowest BCUT2D eigenvalue weighted by Gasteiger charge is -2.10. The molecule has 1 amide bonds. The molecule has 18 heavy (non-hydrogen) atoms. The molecule has 1 rings (SSSR count). The van der Waals surface area contributed by atoms with Gasteiger partial charge in [-0.2, -0.15) is 5.26 Å². The van der Waals surface area contributed by atoms with Crippen molar-refractivity contribution in [2.24, 2.45) is 0 Å². The van der Waals surface area contributed by atoms with Crippen LogP contribution in [0.4, 0.5) is 0 Å². The minimum atomic E-state index is -0.409. The third-order valence-corrected chi connectivity index (χ3v) is 2.64. The first-order valence-corrected chi connectivity index (χ1v) is 6.01. The minimum Gasteiger partial charge on any atom is -0.497 e. The summed E-state index contributed by atoms with van der Waals surface area (Å²) < 4.78 is 5.05. The number of ether oxygens (including phenoxy) is 1. The Morgan fingerprint density at radius 3 is 2.61 bits per heavy atom. The van der Waals surface area contributed by atoms with Gasteiger partial charge in [0.1, 0.15) is 5.75 Å². The standard InChI is InChI=1S/C14H18N2O2/c1-3-8-16-14(17)9-12(10-15)11-4-6-13(18-2)7-5-11/h4-7,12H,3,8-9H2,1-2H3,(H,16,17). The van der Waals surface area contributed by atoms with Crippen molar-refractivity contribution in [1.29, 1.82) is 5.26 Å². The van der Waals surface area contributed by atoms with Crippen molar-refractivity contribution in [3.8, 4) is 11.8 Å². The Morgan fingerprint density at radius 1 is 1.44 bits per heavy atom. The van der Waals surface area contributed by atoms with Crippen LogP contribution in [0.2, 0.25) is 0 Å². The maximum absolute atomic E-state index is 11.6. The number of benzene rings is 1. The molecule has 0 aliphatic rings. The van der Waals surface area contributed by atoms with Gasteiger partial charge in [-0.05, 0) is 24.1 Å². The minimum absolute atomic E-state index is 0.0841. The summed E-state index contributed by atoms with van der Waals surface area (Å²) in [5.74, 6) is 0.248. The molecule has 1 atom stereocenters. The van der Waals surface area contributed by atoms with E-state index < -0.39 is 5.92 Å². The van der Waals surface area contributed by atoms with Gasteiger partial charge in [0.2, 0.25) is 5.91 Å². The zero-order chi connectivity index (χ0) is 13.4. The van der Waals surface area contributed by atoms with Gasteiger partial charge in [-0.3, -0.25) is 4.79 Å². The number of rotatable bonds is 6. The highest BCUT2D eigenvalue weighted by Gasteiger charge is 2.15. The largest absolute Gasteiger partial charge is 0.497 e. The number of carbonyl (C=O) groups excluding carboxylic acids is 1. The van der Waals surface area contributed by atoms with Crippen molar-refractivity contribution < 1.29 is 9.53 Å². The molecule has 1 N–H and O–H groups in total.